The van der Waals surface area contributed by atoms with Crippen molar-refractivity contribution in [2.24, 2.45) is 0 Å². The van der Waals surface area contributed by atoms with Crippen LogP contribution in [0.25, 0.3) is 5.69 Å². The van der Waals surface area contributed by atoms with Crippen LogP contribution >= 0.6 is 43.5 Å². The summed E-state index contributed by atoms with van der Waals surface area (Å²) < 4.78 is 2.37. The van der Waals surface area contributed by atoms with E-state index >= 15 is 0 Å². The molecule has 0 atom stereocenters. The van der Waals surface area contributed by atoms with E-state index in [0.717, 1.165) is 0 Å². The summed E-state index contributed by atoms with van der Waals surface area (Å²) in [7, 11) is 0. The van der Waals surface area contributed by atoms with Gasteiger partial charge in [-0.05, 0) is 56.1 Å². The lowest BCUT2D eigenvalue weighted by Crippen LogP contribution is -2.21. The minimum atomic E-state index is -0.225. The summed E-state index contributed by atoms with van der Waals surface area (Å²) in [6.45, 7) is 0. The third-order valence-electron chi connectivity index (χ3n) is 1.95. The van der Waals surface area contributed by atoms with Crippen LogP contribution in [-0.4, -0.2) is 9.78 Å². The van der Waals surface area contributed by atoms with Crippen LogP contribution in [0, 0.1) is 0 Å². The van der Waals surface area contributed by atoms with Gasteiger partial charge in [0.1, 0.15) is 4.47 Å². The maximum atomic E-state index is 11.9. The van der Waals surface area contributed by atoms with E-state index in [4.69, 9.17) is 11.6 Å². The van der Waals surface area contributed by atoms with E-state index in [1.807, 2.05) is 0 Å². The molecule has 0 N–H and O–H groups in total. The molecule has 2 rings (SSSR count). The molecular formula is C10H5Br2ClN2O. The molecule has 0 bridgehead atoms. The summed E-state index contributed by atoms with van der Waals surface area (Å²) in [5.41, 5.74) is 0.444. The first-order chi connectivity index (χ1) is 7.59. The van der Waals surface area contributed by atoms with Gasteiger partial charge in [0.25, 0.3) is 5.56 Å². The predicted molar refractivity (Wildman–Crippen MR) is 70.2 cm³/mol. The molecule has 1 heterocycles. The molecule has 2 aromatic rings. The van der Waals surface area contributed by atoms with E-state index < -0.39 is 0 Å². The Morgan fingerprint density at radius 1 is 1.19 bits per heavy atom. The second kappa shape index (κ2) is 4.69. The second-order valence-electron chi connectivity index (χ2n) is 3.00. The van der Waals surface area contributed by atoms with E-state index in [2.05, 4.69) is 37.0 Å². The smallest absolute Gasteiger partial charge is 0.266 e. The van der Waals surface area contributed by atoms with Crippen molar-refractivity contribution in [2.75, 3.05) is 0 Å². The molecule has 0 aliphatic carbocycles. The molecule has 0 saturated heterocycles. The Bertz CT molecular complexity index is 580. The highest BCUT2D eigenvalue weighted by Crippen LogP contribution is 2.18. The van der Waals surface area contributed by atoms with Gasteiger partial charge in [0.2, 0.25) is 0 Å². The number of hydrogen-bond donors (Lipinski definition) is 0. The third kappa shape index (κ3) is 2.21. The molecule has 0 spiro atoms. The zero-order chi connectivity index (χ0) is 11.7. The molecule has 82 valence electrons. The number of rotatable bonds is 1. The fourth-order valence-electron chi connectivity index (χ4n) is 1.18. The Labute approximate surface area is 113 Å². The van der Waals surface area contributed by atoms with Gasteiger partial charge in [-0.25, -0.2) is 0 Å². The maximum Gasteiger partial charge on any atom is 0.286 e. The molecule has 6 heteroatoms. The van der Waals surface area contributed by atoms with Crippen molar-refractivity contribution >= 4 is 43.5 Å². The second-order valence-corrected chi connectivity index (χ2v) is 5.08. The highest BCUT2D eigenvalue weighted by Gasteiger charge is 2.07. The van der Waals surface area contributed by atoms with Crippen LogP contribution in [0.15, 0.2) is 44.2 Å². The summed E-state index contributed by atoms with van der Waals surface area (Å²) in [5, 5.41) is 4.64. The Kier molecular flexibility index (Phi) is 3.47. The molecule has 1 aromatic heterocycles. The molecule has 3 nitrogen and oxygen atoms in total. The van der Waals surface area contributed by atoms with Gasteiger partial charge >= 0.3 is 0 Å². The van der Waals surface area contributed by atoms with Gasteiger partial charge in [-0.2, -0.15) is 9.78 Å². The standard InChI is InChI=1S/C10H5Br2ClN2O/c11-8-5-14-15(10(16)9(8)12)7-3-1-6(13)2-4-7/h1-5H. The van der Waals surface area contributed by atoms with E-state index in [-0.39, 0.29) is 5.56 Å². The average Bonchev–Trinajstić information content (AvgIpc) is 2.28. The van der Waals surface area contributed by atoms with Crippen molar-refractivity contribution < 1.29 is 0 Å². The fraction of sp³-hybridized carbons (Fsp3) is 0. The van der Waals surface area contributed by atoms with Crippen molar-refractivity contribution in [1.82, 2.24) is 9.78 Å². The van der Waals surface area contributed by atoms with E-state index in [1.54, 1.807) is 30.5 Å². The zero-order valence-corrected chi connectivity index (χ0v) is 11.8. The van der Waals surface area contributed by atoms with E-state index in [0.29, 0.717) is 19.7 Å². The third-order valence-corrected chi connectivity index (χ3v) is 4.10. The molecule has 0 aliphatic rings. The van der Waals surface area contributed by atoms with Crippen LogP contribution in [-0.2, 0) is 0 Å². The first kappa shape index (κ1) is 11.8. The van der Waals surface area contributed by atoms with Gasteiger partial charge in [-0.3, -0.25) is 4.79 Å². The maximum absolute atomic E-state index is 11.9. The number of halogens is 3. The molecule has 0 unspecified atom stereocenters. The molecule has 0 saturated carbocycles. The van der Waals surface area contributed by atoms with Crippen LogP contribution in [0.5, 0.6) is 0 Å². The van der Waals surface area contributed by atoms with Crippen molar-refractivity contribution in [1.29, 1.82) is 0 Å². The van der Waals surface area contributed by atoms with Gasteiger partial charge in [0, 0.05) is 5.02 Å². The number of benzene rings is 1. The van der Waals surface area contributed by atoms with Gasteiger partial charge < -0.3 is 0 Å². The number of hydrogen-bond acceptors (Lipinski definition) is 2. The zero-order valence-electron chi connectivity index (χ0n) is 7.82. The van der Waals surface area contributed by atoms with Crippen LogP contribution in [0.2, 0.25) is 5.02 Å². The van der Waals surface area contributed by atoms with Crippen molar-refractivity contribution in [2.45, 2.75) is 0 Å². The Morgan fingerprint density at radius 3 is 2.44 bits per heavy atom. The molecule has 16 heavy (non-hydrogen) atoms. The summed E-state index contributed by atoms with van der Waals surface area (Å²) in [4.78, 5) is 11.9. The van der Waals surface area contributed by atoms with Gasteiger partial charge in [-0.1, -0.05) is 11.6 Å². The molecular weight excluding hydrogens is 359 g/mol. The summed E-state index contributed by atoms with van der Waals surface area (Å²) in [5.74, 6) is 0. The number of nitrogens with zero attached hydrogens (tertiary/aromatic N) is 2. The topological polar surface area (TPSA) is 34.9 Å². The quantitative estimate of drug-likeness (QED) is 0.777. The largest absolute Gasteiger partial charge is 0.286 e. The first-order valence-electron chi connectivity index (χ1n) is 4.29. The Hall–Kier alpha value is -0.650. The molecule has 0 fully saturated rings. The van der Waals surface area contributed by atoms with E-state index in [9.17, 15) is 4.79 Å². The highest BCUT2D eigenvalue weighted by atomic mass is 79.9. The van der Waals surface area contributed by atoms with Gasteiger partial charge in [0.15, 0.2) is 0 Å². The highest BCUT2D eigenvalue weighted by molar-refractivity contribution is 9.13. The Morgan fingerprint density at radius 2 is 1.81 bits per heavy atom. The summed E-state index contributed by atoms with van der Waals surface area (Å²) >= 11 is 12.2. The molecule has 0 radical (unpaired) electrons. The van der Waals surface area contributed by atoms with E-state index in [1.165, 1.54) is 4.68 Å². The lowest BCUT2D eigenvalue weighted by atomic mass is 10.3. The minimum absolute atomic E-state index is 0.225. The monoisotopic (exact) mass is 362 g/mol. The van der Waals surface area contributed by atoms with Crippen LogP contribution < -0.4 is 5.56 Å². The minimum Gasteiger partial charge on any atom is -0.266 e. The van der Waals surface area contributed by atoms with Crippen LogP contribution in [0.3, 0.4) is 0 Å². The molecule has 0 amide bonds. The summed E-state index contributed by atoms with van der Waals surface area (Å²) in [6.07, 6.45) is 1.56. The lowest BCUT2D eigenvalue weighted by molar-refractivity contribution is 0.796. The summed E-state index contributed by atoms with van der Waals surface area (Å²) in [6, 6.07) is 6.88. The van der Waals surface area contributed by atoms with Crippen LogP contribution in [0.1, 0.15) is 0 Å². The normalized spacial score (nSPS) is 10.4. The fourth-order valence-corrected chi connectivity index (χ4v) is 1.84. The van der Waals surface area contributed by atoms with Crippen LogP contribution in [0.4, 0.5) is 0 Å². The average molecular weight is 364 g/mol. The van der Waals surface area contributed by atoms with Gasteiger partial charge in [0.05, 0.1) is 16.4 Å². The lowest BCUT2D eigenvalue weighted by Gasteiger charge is -2.05. The SMILES string of the molecule is O=c1c(Br)c(Br)cnn1-c1ccc(Cl)cc1. The van der Waals surface area contributed by atoms with Crippen molar-refractivity contribution in [3.8, 4) is 5.69 Å². The first-order valence-corrected chi connectivity index (χ1v) is 6.25. The Balaban J connectivity index is 2.61. The molecule has 0 aliphatic heterocycles. The van der Waals surface area contributed by atoms with Crippen molar-refractivity contribution in [3.05, 3.63) is 54.8 Å². The van der Waals surface area contributed by atoms with Crippen molar-refractivity contribution in [3.63, 3.8) is 0 Å². The van der Waals surface area contributed by atoms with Gasteiger partial charge in [-0.15, -0.1) is 0 Å². The predicted octanol–water partition coefficient (Wildman–Crippen LogP) is 3.41. The molecule has 1 aromatic carbocycles. The number of aromatic nitrogens is 2.